The summed E-state index contributed by atoms with van der Waals surface area (Å²) in [4.78, 5) is 17.9. The van der Waals surface area contributed by atoms with Crippen molar-refractivity contribution in [3.05, 3.63) is 77.3 Å². The molecule has 1 atom stereocenters. The Bertz CT molecular complexity index is 1150. The van der Waals surface area contributed by atoms with Gasteiger partial charge < -0.3 is 4.74 Å². The molecule has 0 saturated heterocycles. The molecule has 1 aliphatic carbocycles. The molecule has 2 aromatic carbocycles. The van der Waals surface area contributed by atoms with E-state index in [0.29, 0.717) is 22.7 Å². The van der Waals surface area contributed by atoms with E-state index >= 15 is 0 Å². The maximum Gasteiger partial charge on any atom is 0.276 e. The van der Waals surface area contributed by atoms with E-state index in [4.69, 9.17) is 14.8 Å². The average Bonchev–Trinajstić information content (AvgIpc) is 3.30. The van der Waals surface area contributed by atoms with Crippen LogP contribution in [-0.2, 0) is 4.79 Å². The molecule has 2 heterocycles. The van der Waals surface area contributed by atoms with Crippen molar-refractivity contribution < 1.29 is 9.53 Å². The molecule has 0 unspecified atom stereocenters. The van der Waals surface area contributed by atoms with E-state index in [0.717, 1.165) is 34.7 Å². The molecule has 31 heavy (non-hydrogen) atoms. The third-order valence-corrected chi connectivity index (χ3v) is 6.50. The van der Waals surface area contributed by atoms with Crippen LogP contribution in [0.5, 0.6) is 5.75 Å². The molecule has 1 N–H and O–H groups in total. The van der Waals surface area contributed by atoms with Gasteiger partial charge in [-0.3, -0.25) is 15.1 Å². The van der Waals surface area contributed by atoms with Gasteiger partial charge in [0.05, 0.1) is 11.5 Å². The number of para-hydroxylation sites is 1. The van der Waals surface area contributed by atoms with Gasteiger partial charge in [0.2, 0.25) is 0 Å². The monoisotopic (exact) mass is 432 g/mol. The van der Waals surface area contributed by atoms with E-state index in [1.165, 1.54) is 24.6 Å². The fraction of sp³-hybridized carbons (Fsp3) is 0.292. The molecule has 0 spiro atoms. The van der Waals surface area contributed by atoms with Gasteiger partial charge in [0.15, 0.2) is 11.3 Å². The van der Waals surface area contributed by atoms with Crippen LogP contribution in [0.15, 0.2) is 71.3 Å². The summed E-state index contributed by atoms with van der Waals surface area (Å²) in [5.41, 5.74) is 1.47. The topological polar surface area (TPSA) is 66.3 Å². The van der Waals surface area contributed by atoms with Gasteiger partial charge in [0.25, 0.3) is 5.91 Å². The molecule has 1 amide bonds. The summed E-state index contributed by atoms with van der Waals surface area (Å²) < 4.78 is 6.11. The zero-order valence-electron chi connectivity index (χ0n) is 17.2. The van der Waals surface area contributed by atoms with Gasteiger partial charge in [-0.15, -0.1) is 11.7 Å². The van der Waals surface area contributed by atoms with E-state index in [-0.39, 0.29) is 5.91 Å². The molecule has 1 saturated carbocycles. The van der Waals surface area contributed by atoms with Gasteiger partial charge >= 0.3 is 0 Å². The Morgan fingerprint density at radius 2 is 1.94 bits per heavy atom. The smallest absolute Gasteiger partial charge is 0.276 e. The molecule has 5 rings (SSSR count). The zero-order chi connectivity index (χ0) is 21.2. The molecular weight excluding hydrogens is 408 g/mol. The highest BCUT2D eigenvalue weighted by Gasteiger charge is 2.34. The lowest BCUT2D eigenvalue weighted by molar-refractivity contribution is -0.116. The third kappa shape index (κ3) is 3.97. The standard InChI is InChI=1S/C24H24N4O2S/c1-2-15-31-24-26-23(29)21-19-9-5-6-10-20(19)25-22(28(21)27-24)16-11-13-18(14-12-16)30-17-7-3-4-8-17/h2,5-6,9-14,17,22H,1,3-4,7-8,15H2,(H,26,27,29)/t22-/m1/s1. The summed E-state index contributed by atoms with van der Waals surface area (Å²) in [6, 6.07) is 15.7. The summed E-state index contributed by atoms with van der Waals surface area (Å²) in [5.74, 6) is 1.36. The Morgan fingerprint density at radius 1 is 1.16 bits per heavy atom. The molecule has 2 aliphatic heterocycles. The van der Waals surface area contributed by atoms with Crippen molar-refractivity contribution in [2.45, 2.75) is 38.0 Å². The maximum atomic E-state index is 13.0. The van der Waals surface area contributed by atoms with Gasteiger partial charge in [-0.25, -0.2) is 5.01 Å². The number of amidine groups is 1. The molecule has 158 valence electrons. The number of hydrogen-bond acceptors (Lipinski definition) is 6. The van der Waals surface area contributed by atoms with Crippen LogP contribution in [0.4, 0.5) is 0 Å². The lowest BCUT2D eigenvalue weighted by Gasteiger charge is -2.34. The minimum Gasteiger partial charge on any atom is -0.490 e. The molecular formula is C24H24N4O2S. The third-order valence-electron chi connectivity index (χ3n) is 5.64. The lowest BCUT2D eigenvalue weighted by atomic mass is 10.1. The highest BCUT2D eigenvalue weighted by Crippen LogP contribution is 2.32. The predicted octanol–water partition coefficient (Wildman–Crippen LogP) is 3.07. The molecule has 6 nitrogen and oxygen atoms in total. The normalized spacial score (nSPS) is 20.3. The first kappa shape index (κ1) is 19.9. The fourth-order valence-corrected chi connectivity index (χ4v) is 4.75. The molecule has 0 aromatic heterocycles. The number of hydrogen-bond donors (Lipinski definition) is 1. The van der Waals surface area contributed by atoms with Crippen molar-refractivity contribution in [2.75, 3.05) is 5.75 Å². The quantitative estimate of drug-likeness (QED) is 0.738. The second-order valence-corrected chi connectivity index (χ2v) is 8.77. The van der Waals surface area contributed by atoms with E-state index in [1.54, 1.807) is 11.1 Å². The number of fused-ring (bicyclic) bond motifs is 2. The van der Waals surface area contributed by atoms with Gasteiger partial charge in [-0.05, 0) is 49.4 Å². The van der Waals surface area contributed by atoms with Gasteiger partial charge in [-0.1, -0.05) is 48.2 Å². The average molecular weight is 433 g/mol. The van der Waals surface area contributed by atoms with Crippen molar-refractivity contribution in [3.63, 3.8) is 0 Å². The van der Waals surface area contributed by atoms with Crippen LogP contribution >= 0.6 is 11.8 Å². The van der Waals surface area contributed by atoms with Crippen LogP contribution in [-0.4, -0.2) is 27.9 Å². The van der Waals surface area contributed by atoms with Crippen LogP contribution in [0.25, 0.3) is 5.70 Å². The van der Waals surface area contributed by atoms with Crippen LogP contribution in [0.3, 0.4) is 0 Å². The van der Waals surface area contributed by atoms with E-state index in [9.17, 15) is 4.79 Å². The summed E-state index contributed by atoms with van der Waals surface area (Å²) in [5, 5.41) is 11.5. The van der Waals surface area contributed by atoms with E-state index < -0.39 is 6.17 Å². The number of thioether (sulfide) groups is 1. The second kappa shape index (κ2) is 8.59. The molecule has 2 aromatic rings. The Balaban J connectivity index is 1.52. The summed E-state index contributed by atoms with van der Waals surface area (Å²) >= 11 is 1.44. The Morgan fingerprint density at radius 3 is 2.71 bits per heavy atom. The van der Waals surface area contributed by atoms with E-state index in [2.05, 4.69) is 11.9 Å². The fourth-order valence-electron chi connectivity index (χ4n) is 4.16. The first-order valence-electron chi connectivity index (χ1n) is 10.6. The first-order chi connectivity index (χ1) is 15.2. The number of nitrogens with zero attached hydrogens (tertiary/aromatic N) is 3. The van der Waals surface area contributed by atoms with E-state index in [1.807, 2.05) is 48.5 Å². The number of ether oxygens (including phenoxy) is 1. The summed E-state index contributed by atoms with van der Waals surface area (Å²) in [6.07, 6.45) is 6.41. The van der Waals surface area contributed by atoms with Crippen molar-refractivity contribution in [3.8, 4) is 5.75 Å². The number of benzene rings is 2. The Labute approximate surface area is 185 Å². The van der Waals surface area contributed by atoms with Gasteiger partial charge in [0, 0.05) is 11.0 Å². The molecule has 0 radical (unpaired) electrons. The molecule has 3 aliphatic rings. The van der Waals surface area contributed by atoms with Crippen LogP contribution in [0.1, 0.15) is 37.4 Å². The SMILES string of the molecule is C=CCSC1=NN2C(=c3ccccc3=N[C@H]2c2ccc(OC3CCCC3)cc2)C(=O)N1. The minimum absolute atomic E-state index is 0.171. The lowest BCUT2D eigenvalue weighted by Crippen LogP contribution is -2.50. The zero-order valence-corrected chi connectivity index (χ0v) is 18.0. The Hall–Kier alpha value is -3.06. The van der Waals surface area contributed by atoms with Crippen molar-refractivity contribution in [1.82, 2.24) is 10.3 Å². The number of amides is 1. The van der Waals surface area contributed by atoms with Gasteiger partial charge in [-0.2, -0.15) is 0 Å². The highest BCUT2D eigenvalue weighted by atomic mass is 32.2. The summed E-state index contributed by atoms with van der Waals surface area (Å²) in [7, 11) is 0. The van der Waals surface area contributed by atoms with Crippen LogP contribution in [0, 0.1) is 0 Å². The number of carbonyl (C=O) groups excluding carboxylic acids is 1. The first-order valence-corrected chi connectivity index (χ1v) is 11.6. The number of rotatable bonds is 5. The minimum atomic E-state index is -0.421. The van der Waals surface area contributed by atoms with Crippen molar-refractivity contribution in [2.24, 2.45) is 10.1 Å². The summed E-state index contributed by atoms with van der Waals surface area (Å²) in [6.45, 7) is 3.74. The largest absolute Gasteiger partial charge is 0.490 e. The molecule has 0 bridgehead atoms. The van der Waals surface area contributed by atoms with Crippen molar-refractivity contribution in [1.29, 1.82) is 0 Å². The molecule has 7 heteroatoms. The van der Waals surface area contributed by atoms with Crippen LogP contribution in [0.2, 0.25) is 0 Å². The second-order valence-electron chi connectivity index (χ2n) is 7.77. The molecule has 1 fully saturated rings. The van der Waals surface area contributed by atoms with Crippen molar-refractivity contribution >= 4 is 28.5 Å². The Kier molecular flexibility index (Phi) is 5.51. The predicted molar refractivity (Wildman–Crippen MR) is 123 cm³/mol. The maximum absolute atomic E-state index is 13.0. The number of nitrogens with one attached hydrogen (secondary N) is 1. The number of hydrazone groups is 1. The highest BCUT2D eigenvalue weighted by molar-refractivity contribution is 8.14. The number of carbonyl (C=O) groups is 1. The van der Waals surface area contributed by atoms with Crippen LogP contribution < -0.4 is 20.6 Å². The van der Waals surface area contributed by atoms with Gasteiger partial charge in [0.1, 0.15) is 11.4 Å².